The van der Waals surface area contributed by atoms with Crippen molar-refractivity contribution in [2.45, 2.75) is 72.3 Å². The minimum Gasteiger partial charge on any atom is -0.329 e. The molecule has 2 unspecified atom stereocenters. The first kappa shape index (κ1) is 17.0. The van der Waals surface area contributed by atoms with Gasteiger partial charge in [0.05, 0.1) is 0 Å². The molecule has 2 heteroatoms. The Hall–Kier alpha value is -0.0800. The van der Waals surface area contributed by atoms with Gasteiger partial charge in [0.15, 0.2) is 0 Å². The van der Waals surface area contributed by atoms with Gasteiger partial charge in [-0.05, 0) is 62.9 Å². The molecule has 0 aromatic carbocycles. The van der Waals surface area contributed by atoms with E-state index in [2.05, 4.69) is 39.5 Å². The molecule has 2 nitrogen and oxygen atoms in total. The van der Waals surface area contributed by atoms with Crippen molar-refractivity contribution in [3.63, 3.8) is 0 Å². The summed E-state index contributed by atoms with van der Waals surface area (Å²) in [4.78, 5) is 2.75. The third kappa shape index (κ3) is 5.07. The lowest BCUT2D eigenvalue weighted by Crippen LogP contribution is -2.53. The molecule has 0 amide bonds. The molecule has 0 aromatic rings. The van der Waals surface area contributed by atoms with Crippen LogP contribution in [-0.4, -0.2) is 30.1 Å². The zero-order chi connectivity index (χ0) is 14.5. The van der Waals surface area contributed by atoms with E-state index >= 15 is 0 Å². The van der Waals surface area contributed by atoms with E-state index in [1.165, 1.54) is 45.2 Å². The molecule has 0 saturated heterocycles. The third-order valence-electron chi connectivity index (χ3n) is 4.83. The van der Waals surface area contributed by atoms with Crippen molar-refractivity contribution in [3.8, 4) is 0 Å². The van der Waals surface area contributed by atoms with Gasteiger partial charge in [-0.25, -0.2) is 0 Å². The van der Waals surface area contributed by atoms with Crippen molar-refractivity contribution in [3.05, 3.63) is 0 Å². The second kappa shape index (κ2) is 7.64. The summed E-state index contributed by atoms with van der Waals surface area (Å²) in [6.07, 6.45) is 6.57. The average molecular weight is 268 g/mol. The standard InChI is InChI=1S/C17H36N2/c1-14(2)7-10-19(11-8-15(3)4)17(13-18)9-6-16(5)12-17/h14-16H,6-13,18H2,1-5H3. The van der Waals surface area contributed by atoms with Gasteiger partial charge in [0.25, 0.3) is 0 Å². The fourth-order valence-corrected chi connectivity index (χ4v) is 3.38. The highest BCUT2D eigenvalue weighted by Gasteiger charge is 2.40. The molecule has 1 fully saturated rings. The van der Waals surface area contributed by atoms with Gasteiger partial charge in [-0.2, -0.15) is 0 Å². The Kier molecular flexibility index (Phi) is 6.82. The molecule has 2 N–H and O–H groups in total. The Morgan fingerprint density at radius 1 is 1.11 bits per heavy atom. The molecule has 0 aromatic heterocycles. The quantitative estimate of drug-likeness (QED) is 0.723. The van der Waals surface area contributed by atoms with E-state index in [9.17, 15) is 0 Å². The van der Waals surface area contributed by atoms with Crippen LogP contribution >= 0.6 is 0 Å². The smallest absolute Gasteiger partial charge is 0.0334 e. The number of hydrogen-bond acceptors (Lipinski definition) is 2. The SMILES string of the molecule is CC(C)CCN(CCC(C)C)C1(CN)CCC(C)C1. The number of nitrogens with zero attached hydrogens (tertiary/aromatic N) is 1. The second-order valence-electron chi connectivity index (χ2n) is 7.63. The van der Waals surface area contributed by atoms with E-state index in [1.807, 2.05) is 0 Å². The molecule has 0 bridgehead atoms. The van der Waals surface area contributed by atoms with Gasteiger partial charge >= 0.3 is 0 Å². The van der Waals surface area contributed by atoms with Crippen molar-refractivity contribution in [2.24, 2.45) is 23.5 Å². The van der Waals surface area contributed by atoms with Crippen LogP contribution in [0, 0.1) is 17.8 Å². The third-order valence-corrected chi connectivity index (χ3v) is 4.83. The molecule has 1 aliphatic rings. The highest BCUT2D eigenvalue weighted by molar-refractivity contribution is 4.98. The second-order valence-corrected chi connectivity index (χ2v) is 7.63. The lowest BCUT2D eigenvalue weighted by atomic mass is 9.92. The summed E-state index contributed by atoms with van der Waals surface area (Å²) in [7, 11) is 0. The van der Waals surface area contributed by atoms with Crippen LogP contribution in [-0.2, 0) is 0 Å². The number of nitrogens with two attached hydrogens (primary N) is 1. The van der Waals surface area contributed by atoms with E-state index in [1.54, 1.807) is 0 Å². The summed E-state index contributed by atoms with van der Waals surface area (Å²) in [5, 5.41) is 0. The van der Waals surface area contributed by atoms with Crippen molar-refractivity contribution >= 4 is 0 Å². The van der Waals surface area contributed by atoms with Crippen molar-refractivity contribution in [1.29, 1.82) is 0 Å². The minimum atomic E-state index is 0.309. The average Bonchev–Trinajstić information content (AvgIpc) is 2.71. The highest BCUT2D eigenvalue weighted by Crippen LogP contribution is 2.38. The summed E-state index contributed by atoms with van der Waals surface area (Å²) in [5.41, 5.74) is 6.51. The lowest BCUT2D eigenvalue weighted by molar-refractivity contribution is 0.0844. The number of hydrogen-bond donors (Lipinski definition) is 1. The normalized spacial score (nSPS) is 27.9. The van der Waals surface area contributed by atoms with E-state index < -0.39 is 0 Å². The Balaban J connectivity index is 2.68. The van der Waals surface area contributed by atoms with Crippen molar-refractivity contribution < 1.29 is 0 Å². The fourth-order valence-electron chi connectivity index (χ4n) is 3.38. The Morgan fingerprint density at radius 2 is 1.63 bits per heavy atom. The molecule has 0 aliphatic heterocycles. The van der Waals surface area contributed by atoms with Crippen LogP contribution in [0.3, 0.4) is 0 Å². The maximum absolute atomic E-state index is 6.20. The van der Waals surface area contributed by atoms with Gasteiger partial charge in [-0.1, -0.05) is 34.6 Å². The zero-order valence-corrected chi connectivity index (χ0v) is 13.9. The lowest BCUT2D eigenvalue weighted by Gasteiger charge is -2.42. The molecule has 1 saturated carbocycles. The van der Waals surface area contributed by atoms with Crippen LogP contribution < -0.4 is 5.73 Å². The largest absolute Gasteiger partial charge is 0.329 e. The first-order valence-corrected chi connectivity index (χ1v) is 8.34. The molecule has 114 valence electrons. The molecule has 0 radical (unpaired) electrons. The molecule has 0 heterocycles. The Bertz CT molecular complexity index is 238. The van der Waals surface area contributed by atoms with Crippen LogP contribution in [0.1, 0.15) is 66.7 Å². The molecule has 19 heavy (non-hydrogen) atoms. The van der Waals surface area contributed by atoms with E-state index in [4.69, 9.17) is 5.73 Å². The van der Waals surface area contributed by atoms with Crippen molar-refractivity contribution in [1.82, 2.24) is 4.90 Å². The Labute approximate surface area is 121 Å². The van der Waals surface area contributed by atoms with Gasteiger partial charge in [-0.3, -0.25) is 4.90 Å². The highest BCUT2D eigenvalue weighted by atomic mass is 15.2. The Morgan fingerprint density at radius 3 is 1.95 bits per heavy atom. The number of rotatable bonds is 8. The van der Waals surface area contributed by atoms with Crippen LogP contribution in [0.2, 0.25) is 0 Å². The van der Waals surface area contributed by atoms with Crippen LogP contribution in [0.4, 0.5) is 0 Å². The first-order chi connectivity index (χ1) is 8.89. The summed E-state index contributed by atoms with van der Waals surface area (Å²) >= 11 is 0. The minimum absolute atomic E-state index is 0.309. The predicted octanol–water partition coefficient (Wildman–Crippen LogP) is 3.90. The van der Waals surface area contributed by atoms with Gasteiger partial charge in [-0.15, -0.1) is 0 Å². The van der Waals surface area contributed by atoms with Gasteiger partial charge in [0.1, 0.15) is 0 Å². The fraction of sp³-hybridized carbons (Fsp3) is 1.00. The van der Waals surface area contributed by atoms with Gasteiger partial charge < -0.3 is 5.73 Å². The summed E-state index contributed by atoms with van der Waals surface area (Å²) in [5.74, 6) is 2.43. The molecule has 0 spiro atoms. The van der Waals surface area contributed by atoms with E-state index in [0.717, 1.165) is 24.3 Å². The summed E-state index contributed by atoms with van der Waals surface area (Å²) in [6.45, 7) is 15.0. The molecule has 2 atom stereocenters. The van der Waals surface area contributed by atoms with Crippen LogP contribution in [0.15, 0.2) is 0 Å². The molecular weight excluding hydrogens is 232 g/mol. The van der Waals surface area contributed by atoms with Gasteiger partial charge in [0, 0.05) is 12.1 Å². The van der Waals surface area contributed by atoms with Crippen molar-refractivity contribution in [2.75, 3.05) is 19.6 Å². The molecule has 1 rings (SSSR count). The molecule has 1 aliphatic carbocycles. The maximum atomic E-state index is 6.20. The van der Waals surface area contributed by atoms with Crippen LogP contribution in [0.5, 0.6) is 0 Å². The predicted molar refractivity (Wildman–Crippen MR) is 85.3 cm³/mol. The van der Waals surface area contributed by atoms with E-state index in [0.29, 0.717) is 5.54 Å². The van der Waals surface area contributed by atoms with Crippen LogP contribution in [0.25, 0.3) is 0 Å². The van der Waals surface area contributed by atoms with Gasteiger partial charge in [0.2, 0.25) is 0 Å². The topological polar surface area (TPSA) is 29.3 Å². The molecular formula is C17H36N2. The zero-order valence-electron chi connectivity index (χ0n) is 13.9. The van der Waals surface area contributed by atoms with E-state index in [-0.39, 0.29) is 0 Å². The maximum Gasteiger partial charge on any atom is 0.0334 e. The summed E-state index contributed by atoms with van der Waals surface area (Å²) in [6, 6.07) is 0. The first-order valence-electron chi connectivity index (χ1n) is 8.34. The summed E-state index contributed by atoms with van der Waals surface area (Å²) < 4.78 is 0. The monoisotopic (exact) mass is 268 g/mol.